The first-order valence-corrected chi connectivity index (χ1v) is 6.04. The van der Waals surface area contributed by atoms with E-state index in [9.17, 15) is 14.0 Å². The highest BCUT2D eigenvalue weighted by Gasteiger charge is 2.12. The van der Waals surface area contributed by atoms with Crippen LogP contribution in [-0.4, -0.2) is 18.0 Å². The highest BCUT2D eigenvalue weighted by molar-refractivity contribution is 6.35. The second kappa shape index (κ2) is 6.99. The maximum atomic E-state index is 12.7. The lowest BCUT2D eigenvalue weighted by molar-refractivity contribution is -0.139. The van der Waals surface area contributed by atoms with Gasteiger partial charge >= 0.3 is 11.8 Å². The van der Waals surface area contributed by atoms with Gasteiger partial charge in [0.1, 0.15) is 11.6 Å². The Bertz CT molecular complexity index is 636. The van der Waals surface area contributed by atoms with Gasteiger partial charge in [-0.1, -0.05) is 12.1 Å². The molecule has 0 aliphatic carbocycles. The van der Waals surface area contributed by atoms with Crippen molar-refractivity contribution < 1.29 is 18.4 Å². The van der Waals surface area contributed by atoms with Crippen molar-refractivity contribution in [1.29, 1.82) is 0 Å². The Hall–Kier alpha value is -2.96. The number of amides is 2. The fraction of sp³-hybridized carbons (Fsp3) is 0.0714. The van der Waals surface area contributed by atoms with Gasteiger partial charge in [0.2, 0.25) is 0 Å². The van der Waals surface area contributed by atoms with Crippen molar-refractivity contribution in [2.24, 2.45) is 5.10 Å². The largest absolute Gasteiger partial charge is 0.467 e. The van der Waals surface area contributed by atoms with E-state index in [0.29, 0.717) is 11.3 Å². The minimum absolute atomic E-state index is 0.112. The molecule has 0 saturated carbocycles. The van der Waals surface area contributed by atoms with Crippen LogP contribution in [0.2, 0.25) is 0 Å². The Morgan fingerprint density at radius 3 is 2.62 bits per heavy atom. The Balaban J connectivity index is 1.78. The molecule has 0 saturated heterocycles. The summed E-state index contributed by atoms with van der Waals surface area (Å²) < 4.78 is 17.7. The van der Waals surface area contributed by atoms with E-state index in [1.54, 1.807) is 12.1 Å². The zero-order valence-corrected chi connectivity index (χ0v) is 10.9. The molecule has 6 nitrogen and oxygen atoms in total. The highest BCUT2D eigenvalue weighted by Crippen LogP contribution is 1.99. The minimum atomic E-state index is -0.903. The lowest BCUT2D eigenvalue weighted by atomic mass is 10.2. The van der Waals surface area contributed by atoms with Gasteiger partial charge < -0.3 is 9.73 Å². The third-order valence-electron chi connectivity index (χ3n) is 2.46. The summed E-state index contributed by atoms with van der Waals surface area (Å²) in [6.45, 7) is 0.112. The molecule has 0 radical (unpaired) electrons. The lowest BCUT2D eigenvalue weighted by Gasteiger charge is -2.01. The molecule has 2 aromatic rings. The summed E-state index contributed by atoms with van der Waals surface area (Å²) in [7, 11) is 0. The summed E-state index contributed by atoms with van der Waals surface area (Å²) in [6, 6.07) is 8.85. The van der Waals surface area contributed by atoms with Gasteiger partial charge in [-0.25, -0.2) is 9.82 Å². The summed E-state index contributed by atoms with van der Waals surface area (Å²) in [5, 5.41) is 5.98. The predicted octanol–water partition coefficient (Wildman–Crippen LogP) is 1.19. The van der Waals surface area contributed by atoms with Gasteiger partial charge in [0, 0.05) is 0 Å². The van der Waals surface area contributed by atoms with E-state index >= 15 is 0 Å². The molecule has 21 heavy (non-hydrogen) atoms. The lowest BCUT2D eigenvalue weighted by Crippen LogP contribution is -2.37. The number of benzene rings is 1. The van der Waals surface area contributed by atoms with Crippen LogP contribution in [0.5, 0.6) is 0 Å². The average Bonchev–Trinajstić information content (AvgIpc) is 3.00. The van der Waals surface area contributed by atoms with Crippen molar-refractivity contribution in [1.82, 2.24) is 10.7 Å². The van der Waals surface area contributed by atoms with Gasteiger partial charge in [-0.2, -0.15) is 5.10 Å². The fourth-order valence-corrected chi connectivity index (χ4v) is 1.43. The Morgan fingerprint density at radius 1 is 1.19 bits per heavy atom. The molecule has 0 spiro atoms. The van der Waals surface area contributed by atoms with Crippen LogP contribution in [0.4, 0.5) is 4.39 Å². The Labute approximate surface area is 119 Å². The molecule has 0 atom stereocenters. The number of carbonyl (C=O) groups is 2. The molecule has 0 unspecified atom stereocenters. The minimum Gasteiger partial charge on any atom is -0.467 e. The number of nitrogens with one attached hydrogen (secondary N) is 2. The molecule has 7 heteroatoms. The van der Waals surface area contributed by atoms with Crippen LogP contribution in [0, 0.1) is 5.82 Å². The first kappa shape index (κ1) is 14.4. The average molecular weight is 289 g/mol. The predicted molar refractivity (Wildman–Crippen MR) is 72.7 cm³/mol. The molecule has 0 fully saturated rings. The van der Waals surface area contributed by atoms with Crippen LogP contribution in [-0.2, 0) is 16.1 Å². The second-order valence-electron chi connectivity index (χ2n) is 4.01. The van der Waals surface area contributed by atoms with Gasteiger partial charge in [-0.3, -0.25) is 9.59 Å². The molecular formula is C14H12FN3O3. The van der Waals surface area contributed by atoms with Crippen LogP contribution < -0.4 is 10.7 Å². The van der Waals surface area contributed by atoms with E-state index in [-0.39, 0.29) is 12.4 Å². The topological polar surface area (TPSA) is 83.7 Å². The third kappa shape index (κ3) is 4.57. The number of hydrazone groups is 1. The molecule has 2 rings (SSSR count). The summed E-state index contributed by atoms with van der Waals surface area (Å²) in [5.74, 6) is -1.57. The van der Waals surface area contributed by atoms with Crippen molar-refractivity contribution in [2.45, 2.75) is 6.54 Å². The van der Waals surface area contributed by atoms with Crippen LogP contribution in [0.1, 0.15) is 11.3 Å². The highest BCUT2D eigenvalue weighted by atomic mass is 19.1. The number of carbonyl (C=O) groups excluding carboxylic acids is 2. The van der Waals surface area contributed by atoms with Gasteiger partial charge in [0.05, 0.1) is 19.0 Å². The monoisotopic (exact) mass is 289 g/mol. The maximum absolute atomic E-state index is 12.7. The summed E-state index contributed by atoms with van der Waals surface area (Å²) in [5.41, 5.74) is 2.66. The van der Waals surface area contributed by atoms with Gasteiger partial charge in [-0.15, -0.1) is 0 Å². The zero-order valence-electron chi connectivity index (χ0n) is 10.9. The number of halogens is 1. The van der Waals surface area contributed by atoms with E-state index in [4.69, 9.17) is 4.42 Å². The van der Waals surface area contributed by atoms with E-state index in [0.717, 1.165) is 0 Å². The number of rotatable bonds is 4. The van der Waals surface area contributed by atoms with Crippen molar-refractivity contribution >= 4 is 18.0 Å². The molecule has 0 aliphatic rings. The molecule has 0 bridgehead atoms. The molecule has 2 N–H and O–H groups in total. The SMILES string of the molecule is O=C(NCc1ccco1)C(=O)N/N=C\c1ccc(F)cc1. The third-order valence-corrected chi connectivity index (χ3v) is 2.46. The van der Waals surface area contributed by atoms with E-state index in [1.165, 1.54) is 36.7 Å². The van der Waals surface area contributed by atoms with Gasteiger partial charge in [-0.05, 0) is 29.8 Å². The number of nitrogens with zero attached hydrogens (tertiary/aromatic N) is 1. The maximum Gasteiger partial charge on any atom is 0.329 e. The van der Waals surface area contributed by atoms with Crippen LogP contribution in [0.25, 0.3) is 0 Å². The van der Waals surface area contributed by atoms with Crippen LogP contribution in [0.3, 0.4) is 0 Å². The molecular weight excluding hydrogens is 277 g/mol. The summed E-state index contributed by atoms with van der Waals surface area (Å²) >= 11 is 0. The van der Waals surface area contributed by atoms with Gasteiger partial charge in [0.25, 0.3) is 0 Å². The zero-order chi connectivity index (χ0) is 15.1. The van der Waals surface area contributed by atoms with Crippen molar-refractivity contribution in [3.05, 3.63) is 59.8 Å². The standard InChI is InChI=1S/C14H12FN3O3/c15-11-5-3-10(4-6-11)8-17-18-14(20)13(19)16-9-12-2-1-7-21-12/h1-8H,9H2,(H,16,19)(H,18,20)/b17-8-. The quantitative estimate of drug-likeness (QED) is 0.503. The molecule has 1 heterocycles. The number of hydrogen-bond donors (Lipinski definition) is 2. The molecule has 0 aliphatic heterocycles. The van der Waals surface area contributed by atoms with Crippen molar-refractivity contribution in [3.63, 3.8) is 0 Å². The van der Waals surface area contributed by atoms with Gasteiger partial charge in [0.15, 0.2) is 0 Å². The summed E-state index contributed by atoms with van der Waals surface area (Å²) in [4.78, 5) is 22.9. The van der Waals surface area contributed by atoms with E-state index in [1.807, 2.05) is 0 Å². The van der Waals surface area contributed by atoms with Crippen molar-refractivity contribution in [2.75, 3.05) is 0 Å². The van der Waals surface area contributed by atoms with E-state index in [2.05, 4.69) is 15.8 Å². The molecule has 108 valence electrons. The van der Waals surface area contributed by atoms with Crippen molar-refractivity contribution in [3.8, 4) is 0 Å². The number of hydrogen-bond acceptors (Lipinski definition) is 4. The van der Waals surface area contributed by atoms with E-state index < -0.39 is 11.8 Å². The first-order valence-electron chi connectivity index (χ1n) is 6.04. The summed E-state index contributed by atoms with van der Waals surface area (Å²) in [6.07, 6.45) is 2.77. The second-order valence-corrected chi connectivity index (χ2v) is 4.01. The van der Waals surface area contributed by atoms with Crippen LogP contribution >= 0.6 is 0 Å². The van der Waals surface area contributed by atoms with Crippen LogP contribution in [0.15, 0.2) is 52.2 Å². The normalized spacial score (nSPS) is 10.5. The number of furan rings is 1. The smallest absolute Gasteiger partial charge is 0.329 e. The Kier molecular flexibility index (Phi) is 4.81. The molecule has 1 aromatic carbocycles. The first-order chi connectivity index (χ1) is 10.1. The fourth-order valence-electron chi connectivity index (χ4n) is 1.43. The molecule has 2 amide bonds. The Morgan fingerprint density at radius 2 is 1.95 bits per heavy atom. The molecule has 1 aromatic heterocycles.